The van der Waals surface area contributed by atoms with Gasteiger partial charge in [0, 0.05) is 18.7 Å². The lowest BCUT2D eigenvalue weighted by molar-refractivity contribution is 0.0696. The van der Waals surface area contributed by atoms with E-state index in [-0.39, 0.29) is 0 Å². The molecular weight excluding hydrogens is 848 g/mol. The molecule has 11 heteroatoms. The Hall–Kier alpha value is -0.420. The van der Waals surface area contributed by atoms with Crippen molar-refractivity contribution >= 4 is 90.6 Å². The summed E-state index contributed by atoms with van der Waals surface area (Å²) in [5, 5.41) is 8.55. The predicted octanol–water partition coefficient (Wildman–Crippen LogP) is 7.01. The van der Waals surface area contributed by atoms with E-state index < -0.39 is 11.2 Å². The molecule has 0 unspecified atom stereocenters. The van der Waals surface area contributed by atoms with Gasteiger partial charge in [-0.15, -0.1) is 0 Å². The normalized spacial score (nSPS) is 10.8. The molecule has 0 saturated heterocycles. The summed E-state index contributed by atoms with van der Waals surface area (Å²) in [6.07, 6.45) is 0. The van der Waals surface area contributed by atoms with Gasteiger partial charge in [0.05, 0.1) is 16.3 Å². The lowest BCUT2D eigenvalue weighted by atomic mass is 10.1. The molecule has 0 aliphatic heterocycles. The topological polar surface area (TPSA) is 79.3 Å². The van der Waals surface area contributed by atoms with Crippen molar-refractivity contribution in [1.82, 2.24) is 9.80 Å². The SMILES string of the molecule is CCN(CC)CCOc1c(C)cc(C(=O)Cl)cc1I.CCN(CC)CCOc1c(I)cc(C(=O)O)cc1I. The minimum Gasteiger partial charge on any atom is -0.491 e. The third-order valence-electron chi connectivity index (χ3n) is 5.80. The Kier molecular flexibility index (Phi) is 17.7. The van der Waals surface area contributed by atoms with E-state index in [9.17, 15) is 9.59 Å². The van der Waals surface area contributed by atoms with Crippen LogP contribution >= 0.6 is 79.4 Å². The second kappa shape index (κ2) is 18.8. The molecule has 2 aromatic carbocycles. The van der Waals surface area contributed by atoms with Crippen LogP contribution in [-0.4, -0.2) is 78.6 Å². The largest absolute Gasteiger partial charge is 0.491 e. The molecule has 0 bridgehead atoms. The fourth-order valence-electron chi connectivity index (χ4n) is 3.48. The number of ether oxygens (including phenoxy) is 2. The summed E-state index contributed by atoms with van der Waals surface area (Å²) in [6.45, 7) is 17.5. The molecule has 0 fully saturated rings. The monoisotopic (exact) mass is 884 g/mol. The molecule has 0 spiro atoms. The van der Waals surface area contributed by atoms with E-state index in [4.69, 9.17) is 26.2 Å². The van der Waals surface area contributed by atoms with Crippen molar-refractivity contribution in [3.8, 4) is 11.5 Å². The van der Waals surface area contributed by atoms with Crippen LogP contribution in [0, 0.1) is 17.6 Å². The number of aromatic carboxylic acids is 1. The van der Waals surface area contributed by atoms with Crippen LogP contribution in [-0.2, 0) is 0 Å². The van der Waals surface area contributed by atoms with Crippen LogP contribution in [0.4, 0.5) is 0 Å². The minimum atomic E-state index is -0.912. The molecule has 0 amide bonds. The van der Waals surface area contributed by atoms with Crippen molar-refractivity contribution in [1.29, 1.82) is 0 Å². The number of benzene rings is 2. The zero-order valence-electron chi connectivity index (χ0n) is 22.5. The van der Waals surface area contributed by atoms with Crippen molar-refractivity contribution in [3.63, 3.8) is 0 Å². The minimum absolute atomic E-state index is 0.296. The maximum absolute atomic E-state index is 11.2. The van der Waals surface area contributed by atoms with Gasteiger partial charge in [-0.1, -0.05) is 27.7 Å². The smallest absolute Gasteiger partial charge is 0.335 e. The first-order chi connectivity index (χ1) is 18.0. The van der Waals surface area contributed by atoms with E-state index in [1.54, 1.807) is 24.3 Å². The van der Waals surface area contributed by atoms with Crippen molar-refractivity contribution in [2.24, 2.45) is 0 Å². The molecule has 0 aromatic heterocycles. The zero-order valence-corrected chi connectivity index (χ0v) is 29.7. The van der Waals surface area contributed by atoms with Gasteiger partial charge in [-0.2, -0.15) is 0 Å². The van der Waals surface area contributed by atoms with E-state index in [0.29, 0.717) is 24.3 Å². The molecule has 0 radical (unpaired) electrons. The summed E-state index contributed by atoms with van der Waals surface area (Å²) in [6, 6.07) is 6.80. The number of likely N-dealkylation sites (N-methyl/N-ethyl adjacent to an activating group) is 2. The maximum Gasteiger partial charge on any atom is 0.335 e. The molecular formula is C27H36ClI3N2O5. The van der Waals surface area contributed by atoms with Crippen molar-refractivity contribution in [2.45, 2.75) is 34.6 Å². The first-order valence-electron chi connectivity index (χ1n) is 12.4. The molecule has 0 aliphatic rings. The number of hydrogen-bond donors (Lipinski definition) is 1. The summed E-state index contributed by atoms with van der Waals surface area (Å²) in [5.41, 5.74) is 1.75. The van der Waals surface area contributed by atoms with Crippen molar-refractivity contribution in [3.05, 3.63) is 51.7 Å². The van der Waals surface area contributed by atoms with Gasteiger partial charge in [0.2, 0.25) is 0 Å². The average Bonchev–Trinajstić information content (AvgIpc) is 2.87. The van der Waals surface area contributed by atoms with Gasteiger partial charge < -0.3 is 24.4 Å². The van der Waals surface area contributed by atoms with Crippen LogP contribution in [0.1, 0.15) is 54.0 Å². The van der Waals surface area contributed by atoms with Gasteiger partial charge in [-0.25, -0.2) is 4.79 Å². The molecule has 7 nitrogen and oxygen atoms in total. The fourth-order valence-corrected chi connectivity index (χ4v) is 6.59. The van der Waals surface area contributed by atoms with E-state index in [1.807, 2.05) is 6.92 Å². The molecule has 2 aromatic rings. The Balaban J connectivity index is 0.000000380. The van der Waals surface area contributed by atoms with Gasteiger partial charge in [0.15, 0.2) is 0 Å². The highest BCUT2D eigenvalue weighted by Crippen LogP contribution is 2.29. The maximum atomic E-state index is 11.2. The van der Waals surface area contributed by atoms with Crippen LogP contribution < -0.4 is 9.47 Å². The molecule has 212 valence electrons. The number of carbonyl (C=O) groups excluding carboxylic acids is 1. The van der Waals surface area contributed by atoms with Gasteiger partial charge in [-0.05, 0) is 142 Å². The number of carboxylic acids is 1. The Bertz CT molecular complexity index is 933. The van der Waals surface area contributed by atoms with Crippen LogP contribution in [0.5, 0.6) is 11.5 Å². The Morgan fingerprint density at radius 1 is 0.763 bits per heavy atom. The van der Waals surface area contributed by atoms with Gasteiger partial charge in [0.25, 0.3) is 5.24 Å². The van der Waals surface area contributed by atoms with Crippen LogP contribution in [0.15, 0.2) is 24.3 Å². The fraction of sp³-hybridized carbons (Fsp3) is 0.481. The van der Waals surface area contributed by atoms with E-state index >= 15 is 0 Å². The zero-order chi connectivity index (χ0) is 28.8. The number of carbonyl (C=O) groups is 2. The summed E-state index contributed by atoms with van der Waals surface area (Å²) in [5.74, 6) is 0.707. The highest BCUT2D eigenvalue weighted by Gasteiger charge is 2.13. The lowest BCUT2D eigenvalue weighted by Gasteiger charge is -2.19. The van der Waals surface area contributed by atoms with E-state index in [0.717, 1.165) is 67.0 Å². The lowest BCUT2D eigenvalue weighted by Crippen LogP contribution is -2.28. The van der Waals surface area contributed by atoms with Crippen LogP contribution in [0.2, 0.25) is 0 Å². The van der Waals surface area contributed by atoms with Crippen molar-refractivity contribution < 1.29 is 24.2 Å². The van der Waals surface area contributed by atoms with Gasteiger partial charge in [0.1, 0.15) is 24.7 Å². The number of halogens is 4. The summed E-state index contributed by atoms with van der Waals surface area (Å²) in [4.78, 5) is 26.7. The third kappa shape index (κ3) is 12.0. The molecule has 0 atom stereocenters. The molecule has 0 heterocycles. The van der Waals surface area contributed by atoms with Crippen LogP contribution in [0.3, 0.4) is 0 Å². The molecule has 2 rings (SSSR count). The first kappa shape index (κ1) is 35.6. The number of nitrogens with zero attached hydrogens (tertiary/aromatic N) is 2. The van der Waals surface area contributed by atoms with Gasteiger partial charge >= 0.3 is 5.97 Å². The summed E-state index contributed by atoms with van der Waals surface area (Å²) in [7, 11) is 0. The molecule has 0 saturated carbocycles. The second-order valence-electron chi connectivity index (χ2n) is 8.20. The summed E-state index contributed by atoms with van der Waals surface area (Å²) < 4.78 is 14.2. The Morgan fingerprint density at radius 3 is 1.53 bits per heavy atom. The van der Waals surface area contributed by atoms with E-state index in [1.165, 1.54) is 0 Å². The van der Waals surface area contributed by atoms with Gasteiger partial charge in [-0.3, -0.25) is 4.79 Å². The standard InChI is InChI=1S/C14H19ClINO2.C13H17I2NO3/c1-4-17(5-2)6-7-19-13-10(3)8-11(14(15)18)9-12(13)16;1-3-16(4-2)5-6-19-12-10(14)7-9(13(17)18)8-11(12)15/h8-9H,4-7H2,1-3H3;7-8H,3-6H2,1-2H3,(H,17,18). The molecule has 0 aliphatic carbocycles. The first-order valence-corrected chi connectivity index (χ1v) is 16.0. The average molecular weight is 885 g/mol. The quantitative estimate of drug-likeness (QED) is 0.162. The number of hydrogen-bond acceptors (Lipinski definition) is 6. The third-order valence-corrected chi connectivity index (χ3v) is 8.42. The highest BCUT2D eigenvalue weighted by atomic mass is 127. The highest BCUT2D eigenvalue weighted by molar-refractivity contribution is 14.1. The molecule has 38 heavy (non-hydrogen) atoms. The number of rotatable bonds is 14. The van der Waals surface area contributed by atoms with Crippen LogP contribution in [0.25, 0.3) is 0 Å². The Morgan fingerprint density at radius 2 is 1.16 bits per heavy atom. The second-order valence-corrected chi connectivity index (χ2v) is 12.0. The van der Waals surface area contributed by atoms with E-state index in [2.05, 4.69) is 105 Å². The Labute approximate surface area is 272 Å². The van der Waals surface area contributed by atoms with Crippen molar-refractivity contribution in [2.75, 3.05) is 52.5 Å². The molecule has 1 N–H and O–H groups in total. The number of aryl methyl sites for hydroxylation is 1. The predicted molar refractivity (Wildman–Crippen MR) is 179 cm³/mol. The summed E-state index contributed by atoms with van der Waals surface area (Å²) >= 11 is 11.9. The number of carboxylic acid groups (broad SMARTS) is 1.